The van der Waals surface area contributed by atoms with Gasteiger partial charge in [0.1, 0.15) is 5.75 Å². The van der Waals surface area contributed by atoms with Crippen LogP contribution in [0.1, 0.15) is 12.5 Å². The lowest BCUT2D eigenvalue weighted by atomic mass is 10.1. The highest BCUT2D eigenvalue weighted by Crippen LogP contribution is 2.28. The molecule has 1 saturated heterocycles. The van der Waals surface area contributed by atoms with E-state index in [1.165, 1.54) is 5.56 Å². The van der Waals surface area contributed by atoms with E-state index in [9.17, 15) is 4.79 Å². The van der Waals surface area contributed by atoms with Crippen LogP contribution in [0, 0.1) is 0 Å². The first-order valence-electron chi connectivity index (χ1n) is 9.71. The molecule has 0 bridgehead atoms. The van der Waals surface area contributed by atoms with Crippen molar-refractivity contribution < 1.29 is 9.53 Å². The highest BCUT2D eigenvalue weighted by Gasteiger charge is 2.26. The smallest absolute Gasteiger partial charge is 0.241 e. The zero-order valence-electron chi connectivity index (χ0n) is 16.5. The van der Waals surface area contributed by atoms with Crippen molar-refractivity contribution in [3.63, 3.8) is 0 Å². The summed E-state index contributed by atoms with van der Waals surface area (Å²) < 4.78 is 5.31. The fourth-order valence-electron chi connectivity index (χ4n) is 3.49. The molecule has 0 spiro atoms. The number of halogens is 1. The molecule has 5 nitrogen and oxygen atoms in total. The first-order valence-corrected chi connectivity index (χ1v) is 10.1. The Morgan fingerprint density at radius 3 is 2.54 bits per heavy atom. The van der Waals surface area contributed by atoms with Crippen molar-refractivity contribution in [3.05, 3.63) is 59.1 Å². The molecule has 1 N–H and O–H groups in total. The van der Waals surface area contributed by atoms with Gasteiger partial charge in [-0.05, 0) is 37.1 Å². The monoisotopic (exact) mass is 401 g/mol. The average molecular weight is 402 g/mol. The Balaban J connectivity index is 1.48. The Labute approximate surface area is 172 Å². The third-order valence-electron chi connectivity index (χ3n) is 5.31. The molecule has 1 aliphatic rings. The van der Waals surface area contributed by atoms with Crippen LogP contribution in [-0.4, -0.2) is 61.6 Å². The standard InChI is InChI=1S/C22H28ClN3O2/c1-17(22(27)24-20-16-19(23)8-9-21(20)28-2)26-14-12-25(13-15-26)11-10-18-6-4-3-5-7-18/h3-9,16-17H,10-15H2,1-2H3,(H,24,27)/t17-/m1/s1. The lowest BCUT2D eigenvalue weighted by Crippen LogP contribution is -2.53. The number of amides is 1. The molecule has 0 aromatic heterocycles. The van der Waals surface area contributed by atoms with E-state index in [-0.39, 0.29) is 11.9 Å². The Kier molecular flexibility index (Phi) is 7.31. The number of rotatable bonds is 7. The highest BCUT2D eigenvalue weighted by atomic mass is 35.5. The molecule has 1 amide bonds. The average Bonchev–Trinajstić information content (AvgIpc) is 2.73. The molecule has 3 rings (SSSR count). The second-order valence-electron chi connectivity index (χ2n) is 7.12. The van der Waals surface area contributed by atoms with E-state index in [0.29, 0.717) is 16.5 Å². The second kappa shape index (κ2) is 9.92. The van der Waals surface area contributed by atoms with Crippen LogP contribution in [0.25, 0.3) is 0 Å². The predicted molar refractivity (Wildman–Crippen MR) is 114 cm³/mol. The van der Waals surface area contributed by atoms with Gasteiger partial charge in [0.2, 0.25) is 5.91 Å². The molecule has 150 valence electrons. The molecule has 1 atom stereocenters. The Morgan fingerprint density at radius 1 is 1.14 bits per heavy atom. The van der Waals surface area contributed by atoms with Gasteiger partial charge in [0, 0.05) is 37.7 Å². The quantitative estimate of drug-likeness (QED) is 0.770. The molecule has 2 aromatic carbocycles. The van der Waals surface area contributed by atoms with Crippen molar-refractivity contribution in [2.75, 3.05) is 45.2 Å². The molecule has 2 aromatic rings. The summed E-state index contributed by atoms with van der Waals surface area (Å²) in [5.74, 6) is 0.564. The molecule has 0 radical (unpaired) electrons. The largest absolute Gasteiger partial charge is 0.495 e. The van der Waals surface area contributed by atoms with Crippen LogP contribution in [0.15, 0.2) is 48.5 Å². The lowest BCUT2D eigenvalue weighted by molar-refractivity contribution is -0.121. The number of piperazine rings is 1. The van der Waals surface area contributed by atoms with E-state index in [1.54, 1.807) is 25.3 Å². The zero-order valence-corrected chi connectivity index (χ0v) is 17.3. The third-order valence-corrected chi connectivity index (χ3v) is 5.55. The minimum atomic E-state index is -0.208. The molecule has 1 aliphatic heterocycles. The number of carbonyl (C=O) groups is 1. The zero-order chi connectivity index (χ0) is 19.9. The number of hydrogen-bond donors (Lipinski definition) is 1. The fraction of sp³-hybridized carbons (Fsp3) is 0.409. The maximum Gasteiger partial charge on any atom is 0.241 e. The Morgan fingerprint density at radius 2 is 1.86 bits per heavy atom. The van der Waals surface area contributed by atoms with Crippen molar-refractivity contribution in [2.24, 2.45) is 0 Å². The van der Waals surface area contributed by atoms with Gasteiger partial charge in [-0.1, -0.05) is 41.9 Å². The number of carbonyl (C=O) groups excluding carboxylic acids is 1. The molecule has 1 heterocycles. The summed E-state index contributed by atoms with van der Waals surface area (Å²) in [7, 11) is 1.58. The number of ether oxygens (including phenoxy) is 1. The highest BCUT2D eigenvalue weighted by molar-refractivity contribution is 6.31. The third kappa shape index (κ3) is 5.47. The molecular formula is C22H28ClN3O2. The van der Waals surface area contributed by atoms with Crippen LogP contribution < -0.4 is 10.1 Å². The number of nitrogens with zero attached hydrogens (tertiary/aromatic N) is 2. The SMILES string of the molecule is COc1ccc(Cl)cc1NC(=O)[C@@H](C)N1CCN(CCc2ccccc2)CC1. The fourth-order valence-corrected chi connectivity index (χ4v) is 3.66. The van der Waals surface area contributed by atoms with Gasteiger partial charge < -0.3 is 15.0 Å². The van der Waals surface area contributed by atoms with Crippen molar-refractivity contribution in [2.45, 2.75) is 19.4 Å². The summed E-state index contributed by atoms with van der Waals surface area (Å²) in [4.78, 5) is 17.4. The van der Waals surface area contributed by atoms with Gasteiger partial charge in [0.25, 0.3) is 0 Å². The van der Waals surface area contributed by atoms with Gasteiger partial charge in [-0.3, -0.25) is 9.69 Å². The van der Waals surface area contributed by atoms with E-state index in [4.69, 9.17) is 16.3 Å². The second-order valence-corrected chi connectivity index (χ2v) is 7.56. The van der Waals surface area contributed by atoms with Gasteiger partial charge in [-0.15, -0.1) is 0 Å². The first-order chi connectivity index (χ1) is 13.6. The van der Waals surface area contributed by atoms with Gasteiger partial charge in [-0.25, -0.2) is 0 Å². The van der Waals surface area contributed by atoms with Gasteiger partial charge in [-0.2, -0.15) is 0 Å². The van der Waals surface area contributed by atoms with Gasteiger partial charge in [0.05, 0.1) is 18.8 Å². The normalized spacial score (nSPS) is 16.5. The van der Waals surface area contributed by atoms with Gasteiger partial charge >= 0.3 is 0 Å². The summed E-state index contributed by atoms with van der Waals surface area (Å²) in [6, 6.07) is 15.6. The number of benzene rings is 2. The minimum Gasteiger partial charge on any atom is -0.495 e. The van der Waals surface area contributed by atoms with Crippen molar-refractivity contribution in [1.82, 2.24) is 9.80 Å². The van der Waals surface area contributed by atoms with Crippen LogP contribution in [0.5, 0.6) is 5.75 Å². The number of hydrogen-bond acceptors (Lipinski definition) is 4. The van der Waals surface area contributed by atoms with Crippen molar-refractivity contribution in [3.8, 4) is 5.75 Å². The predicted octanol–water partition coefficient (Wildman–Crippen LogP) is 3.54. The maximum absolute atomic E-state index is 12.7. The number of methoxy groups -OCH3 is 1. The summed E-state index contributed by atoms with van der Waals surface area (Å²) in [6.45, 7) is 6.73. The Hall–Kier alpha value is -2.08. The van der Waals surface area contributed by atoms with Crippen LogP contribution in [-0.2, 0) is 11.2 Å². The van der Waals surface area contributed by atoms with Crippen molar-refractivity contribution >= 4 is 23.2 Å². The van der Waals surface area contributed by atoms with E-state index in [0.717, 1.165) is 39.1 Å². The van der Waals surface area contributed by atoms with Crippen LogP contribution >= 0.6 is 11.6 Å². The van der Waals surface area contributed by atoms with Crippen LogP contribution in [0.3, 0.4) is 0 Å². The van der Waals surface area contributed by atoms with Crippen LogP contribution in [0.2, 0.25) is 5.02 Å². The minimum absolute atomic E-state index is 0.0432. The molecule has 0 unspecified atom stereocenters. The van der Waals surface area contributed by atoms with Crippen LogP contribution in [0.4, 0.5) is 5.69 Å². The summed E-state index contributed by atoms with van der Waals surface area (Å²) >= 11 is 6.05. The maximum atomic E-state index is 12.7. The van der Waals surface area contributed by atoms with E-state index in [1.807, 2.05) is 13.0 Å². The van der Waals surface area contributed by atoms with Crippen molar-refractivity contribution in [1.29, 1.82) is 0 Å². The molecule has 0 saturated carbocycles. The molecule has 28 heavy (non-hydrogen) atoms. The Bertz CT molecular complexity index is 777. The van der Waals surface area contributed by atoms with E-state index >= 15 is 0 Å². The van der Waals surface area contributed by atoms with E-state index in [2.05, 4.69) is 39.4 Å². The summed E-state index contributed by atoms with van der Waals surface area (Å²) in [6.07, 6.45) is 1.06. The van der Waals surface area contributed by atoms with E-state index < -0.39 is 0 Å². The first kappa shape index (κ1) is 20.6. The number of anilines is 1. The number of nitrogens with one attached hydrogen (secondary N) is 1. The molecule has 1 fully saturated rings. The molecular weight excluding hydrogens is 374 g/mol. The lowest BCUT2D eigenvalue weighted by Gasteiger charge is -2.37. The topological polar surface area (TPSA) is 44.8 Å². The molecule has 6 heteroatoms. The summed E-state index contributed by atoms with van der Waals surface area (Å²) in [5, 5.41) is 3.52. The van der Waals surface area contributed by atoms with Gasteiger partial charge in [0.15, 0.2) is 0 Å². The molecule has 0 aliphatic carbocycles. The summed E-state index contributed by atoms with van der Waals surface area (Å²) in [5.41, 5.74) is 1.97.